The first-order valence-corrected chi connectivity index (χ1v) is 6.02. The van der Waals surface area contributed by atoms with Crippen molar-refractivity contribution in [2.75, 3.05) is 11.4 Å². The van der Waals surface area contributed by atoms with Crippen LogP contribution in [0.25, 0.3) is 0 Å². The van der Waals surface area contributed by atoms with E-state index in [2.05, 4.69) is 0 Å². The maximum Gasteiger partial charge on any atom is 0.335 e. The summed E-state index contributed by atoms with van der Waals surface area (Å²) < 4.78 is 33.1. The van der Waals surface area contributed by atoms with E-state index in [4.69, 9.17) is 9.52 Å². The third-order valence-electron chi connectivity index (χ3n) is 2.89. The summed E-state index contributed by atoms with van der Waals surface area (Å²) in [6.45, 7) is 2.29. The number of hydrogen-bond donors (Lipinski definition) is 1. The number of carbonyl (C=O) groups is 1. The van der Waals surface area contributed by atoms with Crippen molar-refractivity contribution in [1.29, 1.82) is 0 Å². The zero-order valence-corrected chi connectivity index (χ0v) is 10.8. The number of anilines is 1. The minimum atomic E-state index is -1.37. The van der Waals surface area contributed by atoms with E-state index < -0.39 is 23.2 Å². The molecule has 0 saturated heterocycles. The van der Waals surface area contributed by atoms with Gasteiger partial charge in [0.05, 0.1) is 18.4 Å². The molecule has 0 radical (unpaired) electrons. The Morgan fingerprint density at radius 3 is 2.45 bits per heavy atom. The molecular weight excluding hydrogens is 268 g/mol. The zero-order chi connectivity index (χ0) is 14.7. The zero-order valence-electron chi connectivity index (χ0n) is 10.8. The van der Waals surface area contributed by atoms with Crippen molar-refractivity contribution >= 4 is 11.7 Å². The molecule has 2 aromatic rings. The van der Waals surface area contributed by atoms with Gasteiger partial charge in [-0.15, -0.1) is 0 Å². The number of halogens is 2. The van der Waals surface area contributed by atoms with E-state index in [9.17, 15) is 13.6 Å². The summed E-state index contributed by atoms with van der Waals surface area (Å²) in [5.41, 5.74) is -0.674. The fourth-order valence-corrected chi connectivity index (χ4v) is 1.93. The molecule has 0 aliphatic carbocycles. The molecule has 2 rings (SSSR count). The predicted molar refractivity (Wildman–Crippen MR) is 68.7 cm³/mol. The molecule has 0 saturated carbocycles. The van der Waals surface area contributed by atoms with Crippen LogP contribution in [-0.4, -0.2) is 17.6 Å². The minimum Gasteiger partial charge on any atom is -0.478 e. The molecule has 106 valence electrons. The highest BCUT2D eigenvalue weighted by atomic mass is 19.1. The second-order valence-corrected chi connectivity index (χ2v) is 4.19. The summed E-state index contributed by atoms with van der Waals surface area (Å²) in [4.78, 5) is 12.2. The average molecular weight is 281 g/mol. The van der Waals surface area contributed by atoms with E-state index in [0.717, 1.165) is 12.1 Å². The van der Waals surface area contributed by atoms with Gasteiger partial charge in [0.25, 0.3) is 0 Å². The summed E-state index contributed by atoms with van der Waals surface area (Å²) in [5.74, 6) is -2.62. The van der Waals surface area contributed by atoms with Gasteiger partial charge < -0.3 is 14.4 Å². The maximum atomic E-state index is 14.0. The van der Waals surface area contributed by atoms with Crippen LogP contribution in [-0.2, 0) is 6.54 Å². The van der Waals surface area contributed by atoms with E-state index in [1.165, 1.54) is 11.2 Å². The normalized spacial score (nSPS) is 10.6. The number of rotatable bonds is 5. The van der Waals surface area contributed by atoms with Crippen LogP contribution in [0.3, 0.4) is 0 Å². The lowest BCUT2D eigenvalue weighted by molar-refractivity contribution is 0.0695. The lowest BCUT2D eigenvalue weighted by Crippen LogP contribution is -2.24. The highest BCUT2D eigenvalue weighted by molar-refractivity contribution is 5.88. The Balaban J connectivity index is 2.37. The fourth-order valence-electron chi connectivity index (χ4n) is 1.93. The van der Waals surface area contributed by atoms with Crippen LogP contribution < -0.4 is 4.90 Å². The fraction of sp³-hybridized carbons (Fsp3) is 0.214. The molecule has 1 N–H and O–H groups in total. The van der Waals surface area contributed by atoms with Gasteiger partial charge in [-0.1, -0.05) is 0 Å². The SMILES string of the molecule is CCN(Cc1ccco1)c1c(F)cc(C(=O)O)cc1F. The van der Waals surface area contributed by atoms with Crippen LogP contribution in [0.5, 0.6) is 0 Å². The monoisotopic (exact) mass is 281 g/mol. The Morgan fingerprint density at radius 2 is 2.00 bits per heavy atom. The number of carboxylic acid groups (broad SMARTS) is 1. The first-order chi connectivity index (χ1) is 9.52. The number of hydrogen-bond acceptors (Lipinski definition) is 3. The molecule has 6 heteroatoms. The van der Waals surface area contributed by atoms with E-state index >= 15 is 0 Å². The van der Waals surface area contributed by atoms with Crippen LogP contribution in [0.2, 0.25) is 0 Å². The minimum absolute atomic E-state index is 0.198. The van der Waals surface area contributed by atoms with Crippen molar-refractivity contribution in [1.82, 2.24) is 0 Å². The van der Waals surface area contributed by atoms with Crippen molar-refractivity contribution in [3.05, 3.63) is 53.5 Å². The lowest BCUT2D eigenvalue weighted by atomic mass is 10.1. The quantitative estimate of drug-likeness (QED) is 0.913. The second-order valence-electron chi connectivity index (χ2n) is 4.19. The van der Waals surface area contributed by atoms with Crippen molar-refractivity contribution < 1.29 is 23.1 Å². The number of furan rings is 1. The Hall–Kier alpha value is -2.37. The highest BCUT2D eigenvalue weighted by Crippen LogP contribution is 2.26. The van der Waals surface area contributed by atoms with Crippen LogP contribution in [0, 0.1) is 11.6 Å². The largest absolute Gasteiger partial charge is 0.478 e. The van der Waals surface area contributed by atoms with Gasteiger partial charge in [0.1, 0.15) is 23.1 Å². The molecule has 0 aliphatic rings. The van der Waals surface area contributed by atoms with E-state index in [-0.39, 0.29) is 12.2 Å². The third kappa shape index (κ3) is 2.79. The number of carboxylic acids is 1. The number of aromatic carboxylic acids is 1. The van der Waals surface area contributed by atoms with Gasteiger partial charge in [0.15, 0.2) is 0 Å². The third-order valence-corrected chi connectivity index (χ3v) is 2.89. The van der Waals surface area contributed by atoms with Crippen molar-refractivity contribution in [3.63, 3.8) is 0 Å². The lowest BCUT2D eigenvalue weighted by Gasteiger charge is -2.23. The van der Waals surface area contributed by atoms with Gasteiger partial charge in [0.2, 0.25) is 0 Å². The molecule has 1 heterocycles. The Morgan fingerprint density at radius 1 is 1.35 bits per heavy atom. The Kier molecular flexibility index (Phi) is 4.02. The summed E-state index contributed by atoms with van der Waals surface area (Å²) >= 11 is 0. The van der Waals surface area contributed by atoms with Gasteiger partial charge in [-0.25, -0.2) is 13.6 Å². The molecule has 1 aromatic heterocycles. The van der Waals surface area contributed by atoms with Gasteiger partial charge >= 0.3 is 5.97 Å². The summed E-state index contributed by atoms with van der Waals surface area (Å²) in [6.07, 6.45) is 1.48. The molecule has 0 aliphatic heterocycles. The van der Waals surface area contributed by atoms with Crippen LogP contribution >= 0.6 is 0 Å². The van der Waals surface area contributed by atoms with Crippen molar-refractivity contribution in [3.8, 4) is 0 Å². The summed E-state index contributed by atoms with van der Waals surface area (Å²) in [5, 5.41) is 8.77. The van der Waals surface area contributed by atoms with Gasteiger partial charge in [-0.05, 0) is 31.2 Å². The number of nitrogens with zero attached hydrogens (tertiary/aromatic N) is 1. The standard InChI is InChI=1S/C14H13F2NO3/c1-2-17(8-10-4-3-5-20-10)13-11(15)6-9(14(18)19)7-12(13)16/h3-7H,2,8H2,1H3,(H,18,19). The van der Waals surface area contributed by atoms with Gasteiger partial charge in [-0.2, -0.15) is 0 Å². The maximum absolute atomic E-state index is 14.0. The summed E-state index contributed by atoms with van der Waals surface area (Å²) in [7, 11) is 0. The van der Waals surface area contributed by atoms with E-state index in [1.54, 1.807) is 19.1 Å². The highest BCUT2D eigenvalue weighted by Gasteiger charge is 2.20. The number of benzene rings is 1. The van der Waals surface area contributed by atoms with Crippen molar-refractivity contribution in [2.24, 2.45) is 0 Å². The molecule has 0 spiro atoms. The molecule has 0 unspecified atom stereocenters. The Labute approximate surface area is 114 Å². The molecule has 0 bridgehead atoms. The van der Waals surface area contributed by atoms with Crippen LogP contribution in [0.1, 0.15) is 23.0 Å². The molecule has 0 amide bonds. The molecule has 1 aromatic carbocycles. The van der Waals surface area contributed by atoms with E-state index in [0.29, 0.717) is 12.3 Å². The topological polar surface area (TPSA) is 53.7 Å². The average Bonchev–Trinajstić information content (AvgIpc) is 2.89. The molecule has 0 fully saturated rings. The first kappa shape index (κ1) is 14.0. The van der Waals surface area contributed by atoms with Crippen LogP contribution in [0.15, 0.2) is 34.9 Å². The Bertz CT molecular complexity index is 588. The molecular formula is C14H13F2NO3. The van der Waals surface area contributed by atoms with Gasteiger partial charge in [-0.3, -0.25) is 0 Å². The molecule has 0 atom stereocenters. The second kappa shape index (κ2) is 5.73. The van der Waals surface area contributed by atoms with Gasteiger partial charge in [0, 0.05) is 6.54 Å². The van der Waals surface area contributed by atoms with Crippen molar-refractivity contribution in [2.45, 2.75) is 13.5 Å². The van der Waals surface area contributed by atoms with Crippen LogP contribution in [0.4, 0.5) is 14.5 Å². The molecule has 4 nitrogen and oxygen atoms in total. The van der Waals surface area contributed by atoms with E-state index in [1.807, 2.05) is 0 Å². The predicted octanol–water partition coefficient (Wildman–Crippen LogP) is 3.28. The smallest absolute Gasteiger partial charge is 0.335 e. The molecule has 20 heavy (non-hydrogen) atoms. The first-order valence-electron chi connectivity index (χ1n) is 6.02. The summed E-state index contributed by atoms with van der Waals surface area (Å²) in [6, 6.07) is 5.00.